The lowest BCUT2D eigenvalue weighted by molar-refractivity contribution is 0.0570. The van der Waals surface area contributed by atoms with Crippen LogP contribution in [0.25, 0.3) is 0 Å². The molecule has 1 heterocycles. The highest BCUT2D eigenvalue weighted by molar-refractivity contribution is 5.97. The zero-order valence-corrected chi connectivity index (χ0v) is 9.30. The molecule has 6 heteroatoms. The second kappa shape index (κ2) is 6.86. The predicted molar refractivity (Wildman–Crippen MR) is 55.6 cm³/mol. The van der Waals surface area contributed by atoms with Crippen molar-refractivity contribution in [3.8, 4) is 5.88 Å². The van der Waals surface area contributed by atoms with Crippen LogP contribution in [0, 0.1) is 0 Å². The van der Waals surface area contributed by atoms with E-state index in [-0.39, 0.29) is 24.0 Å². The second-order valence-corrected chi connectivity index (χ2v) is 2.88. The first kappa shape index (κ1) is 12.5. The fraction of sp³-hybridized carbons (Fsp3) is 0.500. The van der Waals surface area contributed by atoms with Crippen LogP contribution < -0.4 is 4.74 Å². The van der Waals surface area contributed by atoms with Gasteiger partial charge in [0.25, 0.3) is 0 Å². The number of ether oxygens (including phenoxy) is 3. The maximum absolute atomic E-state index is 11.6. The van der Waals surface area contributed by atoms with E-state index < -0.39 is 0 Å². The number of Topliss-reactive ketones (excluding diaryl/α,β-unsaturated/α-hetero) is 1. The van der Waals surface area contributed by atoms with Crippen molar-refractivity contribution in [2.75, 3.05) is 34.0 Å². The minimum absolute atomic E-state index is 0.0571. The molecule has 0 atom stereocenters. The Balaban J connectivity index is 2.52. The number of aromatic nitrogens is 2. The van der Waals surface area contributed by atoms with Gasteiger partial charge in [-0.15, -0.1) is 0 Å². The molecule has 88 valence electrons. The Kier molecular flexibility index (Phi) is 5.38. The van der Waals surface area contributed by atoms with E-state index in [1.807, 2.05) is 0 Å². The molecule has 0 saturated carbocycles. The quantitative estimate of drug-likeness (QED) is 0.493. The Hall–Kier alpha value is -1.53. The molecule has 6 nitrogen and oxygen atoms in total. The van der Waals surface area contributed by atoms with Gasteiger partial charge in [-0.2, -0.15) is 0 Å². The Morgan fingerprint density at radius 2 is 2.00 bits per heavy atom. The number of hydrogen-bond donors (Lipinski definition) is 0. The van der Waals surface area contributed by atoms with Crippen molar-refractivity contribution in [3.63, 3.8) is 0 Å². The molecule has 0 N–H and O–H groups in total. The SMILES string of the molecule is COCCOCC(=O)c1nccnc1OC. The van der Waals surface area contributed by atoms with Gasteiger partial charge >= 0.3 is 0 Å². The first-order chi connectivity index (χ1) is 7.79. The molecule has 16 heavy (non-hydrogen) atoms. The zero-order chi connectivity index (χ0) is 11.8. The van der Waals surface area contributed by atoms with Gasteiger partial charge in [0.1, 0.15) is 6.61 Å². The fourth-order valence-electron chi connectivity index (χ4n) is 1.04. The normalized spacial score (nSPS) is 10.1. The summed E-state index contributed by atoms with van der Waals surface area (Å²) in [5, 5.41) is 0. The Morgan fingerprint density at radius 3 is 2.69 bits per heavy atom. The molecular formula is C10H14N2O4. The third-order valence-electron chi connectivity index (χ3n) is 1.79. The molecule has 1 aromatic rings. The van der Waals surface area contributed by atoms with Crippen LogP contribution in [0.3, 0.4) is 0 Å². The number of carbonyl (C=O) groups is 1. The lowest BCUT2D eigenvalue weighted by Gasteiger charge is -2.05. The molecule has 0 aliphatic rings. The van der Waals surface area contributed by atoms with Gasteiger partial charge in [0.15, 0.2) is 5.69 Å². The average molecular weight is 226 g/mol. The molecule has 0 saturated heterocycles. The highest BCUT2D eigenvalue weighted by atomic mass is 16.5. The lowest BCUT2D eigenvalue weighted by Crippen LogP contribution is -2.14. The first-order valence-electron chi connectivity index (χ1n) is 4.74. The third kappa shape index (κ3) is 3.56. The average Bonchev–Trinajstić information content (AvgIpc) is 2.34. The van der Waals surface area contributed by atoms with E-state index in [1.54, 1.807) is 7.11 Å². The van der Waals surface area contributed by atoms with Crippen molar-refractivity contribution < 1.29 is 19.0 Å². The molecular weight excluding hydrogens is 212 g/mol. The van der Waals surface area contributed by atoms with Gasteiger partial charge < -0.3 is 14.2 Å². The van der Waals surface area contributed by atoms with E-state index >= 15 is 0 Å². The summed E-state index contributed by atoms with van der Waals surface area (Å²) in [6, 6.07) is 0. The van der Waals surface area contributed by atoms with E-state index in [0.717, 1.165) is 0 Å². The van der Waals surface area contributed by atoms with E-state index in [9.17, 15) is 4.79 Å². The van der Waals surface area contributed by atoms with Crippen LogP contribution in [-0.4, -0.2) is 49.8 Å². The maximum Gasteiger partial charge on any atom is 0.243 e. The van der Waals surface area contributed by atoms with Gasteiger partial charge in [0.2, 0.25) is 11.7 Å². The van der Waals surface area contributed by atoms with Crippen molar-refractivity contribution in [1.29, 1.82) is 0 Å². The number of rotatable bonds is 7. The Morgan fingerprint density at radius 1 is 1.25 bits per heavy atom. The van der Waals surface area contributed by atoms with Gasteiger partial charge in [0.05, 0.1) is 20.3 Å². The van der Waals surface area contributed by atoms with E-state index in [1.165, 1.54) is 19.5 Å². The van der Waals surface area contributed by atoms with Crippen LogP contribution in [0.2, 0.25) is 0 Å². The number of hydrogen-bond acceptors (Lipinski definition) is 6. The summed E-state index contributed by atoms with van der Waals surface area (Å²) in [5.41, 5.74) is 0.183. The van der Waals surface area contributed by atoms with Crippen LogP contribution in [0.5, 0.6) is 5.88 Å². The minimum Gasteiger partial charge on any atom is -0.479 e. The zero-order valence-electron chi connectivity index (χ0n) is 9.30. The number of methoxy groups -OCH3 is 2. The van der Waals surface area contributed by atoms with Crippen molar-refractivity contribution in [2.24, 2.45) is 0 Å². The van der Waals surface area contributed by atoms with E-state index in [0.29, 0.717) is 13.2 Å². The molecule has 0 aliphatic heterocycles. The van der Waals surface area contributed by atoms with Crippen LogP contribution >= 0.6 is 0 Å². The summed E-state index contributed by atoms with van der Waals surface area (Å²) in [7, 11) is 3.00. The van der Waals surface area contributed by atoms with Crippen molar-refractivity contribution in [1.82, 2.24) is 9.97 Å². The Labute approximate surface area is 93.6 Å². The molecule has 0 spiro atoms. The molecule has 0 unspecified atom stereocenters. The standard InChI is InChI=1S/C10H14N2O4/c1-14-5-6-16-7-8(13)9-10(15-2)12-4-3-11-9/h3-4H,5-7H2,1-2H3. The monoisotopic (exact) mass is 226 g/mol. The maximum atomic E-state index is 11.6. The second-order valence-electron chi connectivity index (χ2n) is 2.88. The van der Waals surface area contributed by atoms with Crippen LogP contribution in [0.1, 0.15) is 10.5 Å². The highest BCUT2D eigenvalue weighted by Crippen LogP contribution is 2.10. The van der Waals surface area contributed by atoms with Gasteiger partial charge in [0, 0.05) is 19.5 Å². The molecule has 1 aromatic heterocycles. The minimum atomic E-state index is -0.263. The summed E-state index contributed by atoms with van der Waals surface area (Å²) in [6.07, 6.45) is 2.90. The van der Waals surface area contributed by atoms with Crippen molar-refractivity contribution in [2.45, 2.75) is 0 Å². The van der Waals surface area contributed by atoms with Gasteiger partial charge in [-0.05, 0) is 0 Å². The summed E-state index contributed by atoms with van der Waals surface area (Å²) < 4.78 is 14.8. The largest absolute Gasteiger partial charge is 0.479 e. The van der Waals surface area contributed by atoms with Gasteiger partial charge in [-0.1, -0.05) is 0 Å². The number of carbonyl (C=O) groups excluding carboxylic acids is 1. The molecule has 1 rings (SSSR count). The summed E-state index contributed by atoms with van der Waals surface area (Å²) >= 11 is 0. The van der Waals surface area contributed by atoms with Crippen molar-refractivity contribution >= 4 is 5.78 Å². The molecule has 0 aliphatic carbocycles. The van der Waals surface area contributed by atoms with Crippen LogP contribution in [0.15, 0.2) is 12.4 Å². The smallest absolute Gasteiger partial charge is 0.243 e. The summed E-state index contributed by atoms with van der Waals surface area (Å²) in [4.78, 5) is 19.4. The van der Waals surface area contributed by atoms with Crippen molar-refractivity contribution in [3.05, 3.63) is 18.1 Å². The lowest BCUT2D eigenvalue weighted by atomic mass is 10.3. The molecule has 0 amide bonds. The summed E-state index contributed by atoms with van der Waals surface area (Å²) in [5.74, 6) is -0.0519. The topological polar surface area (TPSA) is 70.5 Å². The van der Waals surface area contributed by atoms with Gasteiger partial charge in [-0.3, -0.25) is 4.79 Å². The van der Waals surface area contributed by atoms with Crippen LogP contribution in [-0.2, 0) is 9.47 Å². The molecule has 0 radical (unpaired) electrons. The number of ketones is 1. The van der Waals surface area contributed by atoms with Gasteiger partial charge in [-0.25, -0.2) is 9.97 Å². The molecule has 0 bridgehead atoms. The predicted octanol–water partition coefficient (Wildman–Crippen LogP) is 0.331. The van der Waals surface area contributed by atoms with E-state index in [4.69, 9.17) is 14.2 Å². The summed E-state index contributed by atoms with van der Waals surface area (Å²) in [6.45, 7) is 0.758. The number of nitrogens with zero attached hydrogens (tertiary/aromatic N) is 2. The van der Waals surface area contributed by atoms with Crippen LogP contribution in [0.4, 0.5) is 0 Å². The van der Waals surface area contributed by atoms with E-state index in [2.05, 4.69) is 9.97 Å². The molecule has 0 fully saturated rings. The highest BCUT2D eigenvalue weighted by Gasteiger charge is 2.14. The third-order valence-corrected chi connectivity index (χ3v) is 1.79. The molecule has 0 aromatic carbocycles. The first-order valence-corrected chi connectivity index (χ1v) is 4.74. The Bertz CT molecular complexity index is 343. The fourth-order valence-corrected chi connectivity index (χ4v) is 1.04.